The van der Waals surface area contributed by atoms with Crippen molar-refractivity contribution in [3.8, 4) is 0 Å². The second kappa shape index (κ2) is 4.76. The number of rotatable bonds is 3. The largest absolute Gasteiger partial charge is 0.309 e. The fourth-order valence-corrected chi connectivity index (χ4v) is 2.77. The van der Waals surface area contributed by atoms with Gasteiger partial charge in [0.15, 0.2) is 0 Å². The van der Waals surface area contributed by atoms with Crippen LogP contribution >= 0.6 is 11.3 Å². The van der Waals surface area contributed by atoms with E-state index in [1.165, 1.54) is 21.6 Å². The van der Waals surface area contributed by atoms with Crippen molar-refractivity contribution in [2.75, 3.05) is 7.05 Å². The zero-order valence-electron chi connectivity index (χ0n) is 9.82. The molecule has 1 aromatic heterocycles. The van der Waals surface area contributed by atoms with E-state index in [-0.39, 0.29) is 6.04 Å². The molecule has 0 aliphatic carbocycles. The predicted molar refractivity (Wildman–Crippen MR) is 68.9 cm³/mol. The average Bonchev–Trinajstić information content (AvgIpc) is 2.70. The second-order valence-electron chi connectivity index (χ2n) is 4.05. The molecule has 0 saturated carbocycles. The molecule has 0 radical (unpaired) electrons. The van der Waals surface area contributed by atoms with Gasteiger partial charge in [-0.1, -0.05) is 29.3 Å². The molecule has 2 nitrogen and oxygen atoms in total. The first kappa shape index (κ1) is 11.3. The minimum Gasteiger partial charge on any atom is -0.309 e. The second-order valence-corrected chi connectivity index (χ2v) is 4.96. The van der Waals surface area contributed by atoms with Crippen molar-refractivity contribution in [2.45, 2.75) is 19.9 Å². The van der Waals surface area contributed by atoms with Gasteiger partial charge in [0.25, 0.3) is 0 Å². The van der Waals surface area contributed by atoms with Crippen molar-refractivity contribution < 1.29 is 0 Å². The van der Waals surface area contributed by atoms with Gasteiger partial charge in [-0.15, -0.1) is 11.3 Å². The van der Waals surface area contributed by atoms with Crippen LogP contribution in [0.5, 0.6) is 0 Å². The molecule has 2 rings (SSSR count). The fraction of sp³-hybridized carbons (Fsp3) is 0.308. The molecular formula is C13H16N2S. The molecule has 16 heavy (non-hydrogen) atoms. The summed E-state index contributed by atoms with van der Waals surface area (Å²) >= 11 is 1.69. The van der Waals surface area contributed by atoms with Crippen LogP contribution in [-0.2, 0) is 0 Å². The molecule has 0 aliphatic rings. The van der Waals surface area contributed by atoms with Crippen molar-refractivity contribution >= 4 is 11.3 Å². The maximum atomic E-state index is 4.14. The zero-order chi connectivity index (χ0) is 11.5. The van der Waals surface area contributed by atoms with E-state index in [9.17, 15) is 0 Å². The molecule has 1 aromatic carbocycles. The fourth-order valence-electron chi connectivity index (χ4n) is 2.02. The molecule has 0 saturated heterocycles. The molecule has 1 unspecified atom stereocenters. The van der Waals surface area contributed by atoms with Gasteiger partial charge in [-0.25, -0.2) is 0 Å². The Bertz CT molecular complexity index is 443. The number of hydrogen-bond acceptors (Lipinski definition) is 3. The van der Waals surface area contributed by atoms with Crippen LogP contribution in [0, 0.1) is 13.8 Å². The Morgan fingerprint density at radius 3 is 2.38 bits per heavy atom. The molecule has 0 fully saturated rings. The minimum absolute atomic E-state index is 0.256. The third kappa shape index (κ3) is 2.31. The van der Waals surface area contributed by atoms with Crippen LogP contribution in [0.15, 0.2) is 29.9 Å². The Hall–Kier alpha value is -1.19. The molecule has 2 aromatic rings. The Kier molecular flexibility index (Phi) is 3.36. The third-order valence-corrected chi connectivity index (χ3v) is 3.44. The molecule has 1 heterocycles. The summed E-state index contributed by atoms with van der Waals surface area (Å²) in [6, 6.07) is 6.91. The maximum Gasteiger partial charge on any atom is 0.0794 e. The van der Waals surface area contributed by atoms with Gasteiger partial charge < -0.3 is 5.32 Å². The molecule has 1 N–H and O–H groups in total. The van der Waals surface area contributed by atoms with Gasteiger partial charge in [0.2, 0.25) is 0 Å². The van der Waals surface area contributed by atoms with E-state index in [1.807, 2.05) is 18.8 Å². The van der Waals surface area contributed by atoms with E-state index in [1.54, 1.807) is 11.3 Å². The minimum atomic E-state index is 0.256. The van der Waals surface area contributed by atoms with E-state index in [0.29, 0.717) is 0 Å². The summed E-state index contributed by atoms with van der Waals surface area (Å²) in [5, 5.41) is 3.35. The van der Waals surface area contributed by atoms with Crippen LogP contribution in [0.4, 0.5) is 0 Å². The number of benzene rings is 1. The third-order valence-electron chi connectivity index (χ3n) is 2.60. The summed E-state index contributed by atoms with van der Waals surface area (Å²) in [7, 11) is 1.99. The molecule has 3 heteroatoms. The van der Waals surface area contributed by atoms with Gasteiger partial charge in [0.05, 0.1) is 11.6 Å². The van der Waals surface area contributed by atoms with Crippen LogP contribution in [0.25, 0.3) is 0 Å². The Labute approximate surface area is 100 Å². The quantitative estimate of drug-likeness (QED) is 0.879. The highest BCUT2D eigenvalue weighted by atomic mass is 32.1. The van der Waals surface area contributed by atoms with Gasteiger partial charge in [-0.2, -0.15) is 0 Å². The summed E-state index contributed by atoms with van der Waals surface area (Å²) in [4.78, 5) is 5.40. The molecule has 0 bridgehead atoms. The topological polar surface area (TPSA) is 24.9 Å². The van der Waals surface area contributed by atoms with E-state index in [4.69, 9.17) is 0 Å². The van der Waals surface area contributed by atoms with Gasteiger partial charge in [0.1, 0.15) is 0 Å². The van der Waals surface area contributed by atoms with Gasteiger partial charge in [-0.3, -0.25) is 4.98 Å². The van der Waals surface area contributed by atoms with E-state index < -0.39 is 0 Å². The zero-order valence-corrected chi connectivity index (χ0v) is 10.6. The average molecular weight is 232 g/mol. The molecule has 84 valence electrons. The molecular weight excluding hydrogens is 216 g/mol. The maximum absolute atomic E-state index is 4.14. The predicted octanol–water partition coefficient (Wildman–Crippen LogP) is 3.07. The van der Waals surface area contributed by atoms with Crippen LogP contribution in [0.2, 0.25) is 0 Å². The van der Waals surface area contributed by atoms with E-state index in [2.05, 4.69) is 42.3 Å². The van der Waals surface area contributed by atoms with Gasteiger partial charge >= 0.3 is 0 Å². The Morgan fingerprint density at radius 2 is 1.88 bits per heavy atom. The monoisotopic (exact) mass is 232 g/mol. The van der Waals surface area contributed by atoms with Crippen molar-refractivity contribution in [1.29, 1.82) is 0 Å². The Balaban J connectivity index is 2.41. The standard InChI is InChI=1S/C13H16N2S/c1-9-4-10(2)6-11(5-9)13(14-3)12-7-15-8-16-12/h4-8,13-14H,1-3H3. The van der Waals surface area contributed by atoms with Crippen LogP contribution < -0.4 is 5.32 Å². The van der Waals surface area contributed by atoms with Crippen LogP contribution in [0.1, 0.15) is 27.6 Å². The number of aromatic nitrogens is 1. The Morgan fingerprint density at radius 1 is 1.19 bits per heavy atom. The SMILES string of the molecule is CNC(c1cc(C)cc(C)c1)c1cncs1. The summed E-state index contributed by atoms with van der Waals surface area (Å²) in [5.74, 6) is 0. The first-order valence-corrected chi connectivity index (χ1v) is 6.22. The number of hydrogen-bond donors (Lipinski definition) is 1. The van der Waals surface area contributed by atoms with Gasteiger partial charge in [0, 0.05) is 11.1 Å². The number of nitrogens with zero attached hydrogens (tertiary/aromatic N) is 1. The lowest BCUT2D eigenvalue weighted by atomic mass is 10.0. The van der Waals surface area contributed by atoms with Crippen LogP contribution in [-0.4, -0.2) is 12.0 Å². The van der Waals surface area contributed by atoms with E-state index in [0.717, 1.165) is 0 Å². The molecule has 0 aliphatic heterocycles. The summed E-state index contributed by atoms with van der Waals surface area (Å²) in [5.41, 5.74) is 5.80. The lowest BCUT2D eigenvalue weighted by molar-refractivity contribution is 0.701. The van der Waals surface area contributed by atoms with Crippen LogP contribution in [0.3, 0.4) is 0 Å². The summed E-state index contributed by atoms with van der Waals surface area (Å²) in [6.07, 6.45) is 1.93. The first-order valence-electron chi connectivity index (χ1n) is 5.34. The highest BCUT2D eigenvalue weighted by Gasteiger charge is 2.13. The smallest absolute Gasteiger partial charge is 0.0794 e. The van der Waals surface area contributed by atoms with E-state index >= 15 is 0 Å². The number of thiazole rings is 1. The normalized spacial score (nSPS) is 12.7. The highest BCUT2D eigenvalue weighted by molar-refractivity contribution is 7.09. The summed E-state index contributed by atoms with van der Waals surface area (Å²) < 4.78 is 0. The highest BCUT2D eigenvalue weighted by Crippen LogP contribution is 2.25. The van der Waals surface area contributed by atoms with Crippen molar-refractivity contribution in [3.05, 3.63) is 51.5 Å². The lowest BCUT2D eigenvalue weighted by Gasteiger charge is -2.16. The van der Waals surface area contributed by atoms with Crippen molar-refractivity contribution in [2.24, 2.45) is 0 Å². The number of aryl methyl sites for hydroxylation is 2. The lowest BCUT2D eigenvalue weighted by Crippen LogP contribution is -2.16. The number of nitrogens with one attached hydrogen (secondary N) is 1. The molecule has 0 spiro atoms. The van der Waals surface area contributed by atoms with Gasteiger partial charge in [-0.05, 0) is 26.5 Å². The van der Waals surface area contributed by atoms with Crippen molar-refractivity contribution in [3.63, 3.8) is 0 Å². The molecule has 0 amide bonds. The summed E-state index contributed by atoms with van der Waals surface area (Å²) in [6.45, 7) is 4.27. The first-order chi connectivity index (χ1) is 7.70. The molecule has 1 atom stereocenters. The van der Waals surface area contributed by atoms with Crippen molar-refractivity contribution in [1.82, 2.24) is 10.3 Å².